The number of morpholine rings is 1. The second kappa shape index (κ2) is 5.25. The van der Waals surface area contributed by atoms with E-state index in [1.165, 1.54) is 45.3 Å². The van der Waals surface area contributed by atoms with Gasteiger partial charge < -0.3 is 10.1 Å². The first-order valence-electron chi connectivity index (χ1n) is 7.41. The topological polar surface area (TPSA) is 24.5 Å². The average molecular weight is 238 g/mol. The second-order valence-electron chi connectivity index (χ2n) is 6.15. The Hall–Kier alpha value is -0.120. The van der Waals surface area contributed by atoms with Gasteiger partial charge >= 0.3 is 0 Å². The maximum atomic E-state index is 5.95. The summed E-state index contributed by atoms with van der Waals surface area (Å²) in [5.74, 6) is 1.70. The summed E-state index contributed by atoms with van der Waals surface area (Å²) in [6.45, 7) is 8.22. The van der Waals surface area contributed by atoms with Crippen molar-refractivity contribution in [2.45, 2.75) is 44.8 Å². The van der Waals surface area contributed by atoms with E-state index in [-0.39, 0.29) is 0 Å². The highest BCUT2D eigenvalue weighted by molar-refractivity contribution is 4.90. The third-order valence-corrected chi connectivity index (χ3v) is 4.99. The molecular weight excluding hydrogens is 212 g/mol. The van der Waals surface area contributed by atoms with E-state index in [1.54, 1.807) is 0 Å². The molecule has 0 aromatic heterocycles. The minimum Gasteiger partial charge on any atom is -0.375 e. The normalized spacial score (nSPS) is 43.6. The fourth-order valence-corrected chi connectivity index (χ4v) is 3.81. The predicted molar refractivity (Wildman–Crippen MR) is 69.1 cm³/mol. The van der Waals surface area contributed by atoms with Crippen molar-refractivity contribution in [3.05, 3.63) is 0 Å². The van der Waals surface area contributed by atoms with Crippen LogP contribution in [-0.4, -0.2) is 49.8 Å². The first kappa shape index (κ1) is 11.9. The molecule has 3 rings (SSSR count). The van der Waals surface area contributed by atoms with E-state index in [2.05, 4.69) is 17.1 Å². The first-order chi connectivity index (χ1) is 8.34. The van der Waals surface area contributed by atoms with Gasteiger partial charge in [-0.1, -0.05) is 19.8 Å². The molecular formula is C14H26N2O. The Labute approximate surface area is 105 Å². The Morgan fingerprint density at radius 2 is 2.12 bits per heavy atom. The molecule has 2 aliphatic heterocycles. The van der Waals surface area contributed by atoms with E-state index < -0.39 is 0 Å². The SMILES string of the molecule is C[C@@H]1CNC[C@H]1CN1CCOC2CCCCC21. The lowest BCUT2D eigenvalue weighted by atomic mass is 9.88. The molecule has 0 aromatic carbocycles. The summed E-state index contributed by atoms with van der Waals surface area (Å²) in [4.78, 5) is 2.74. The van der Waals surface area contributed by atoms with Gasteiger partial charge in [0.1, 0.15) is 0 Å². The van der Waals surface area contributed by atoms with Crippen molar-refractivity contribution in [2.75, 3.05) is 32.8 Å². The Morgan fingerprint density at radius 1 is 1.24 bits per heavy atom. The fourth-order valence-electron chi connectivity index (χ4n) is 3.81. The molecule has 1 saturated carbocycles. The van der Waals surface area contributed by atoms with Crippen molar-refractivity contribution in [3.63, 3.8) is 0 Å². The molecule has 0 spiro atoms. The molecule has 17 heavy (non-hydrogen) atoms. The maximum absolute atomic E-state index is 5.95. The van der Waals surface area contributed by atoms with Crippen LogP contribution in [0.25, 0.3) is 0 Å². The average Bonchev–Trinajstić information content (AvgIpc) is 2.76. The minimum absolute atomic E-state index is 0.544. The second-order valence-corrected chi connectivity index (χ2v) is 6.15. The third kappa shape index (κ3) is 2.51. The molecule has 1 N–H and O–H groups in total. The van der Waals surface area contributed by atoms with Crippen LogP contribution in [0, 0.1) is 11.8 Å². The minimum atomic E-state index is 0.544. The van der Waals surface area contributed by atoms with Crippen LogP contribution >= 0.6 is 0 Å². The Bertz CT molecular complexity index is 257. The fraction of sp³-hybridized carbons (Fsp3) is 1.00. The lowest BCUT2D eigenvalue weighted by molar-refractivity contribution is -0.0924. The van der Waals surface area contributed by atoms with E-state index in [1.807, 2.05) is 0 Å². The summed E-state index contributed by atoms with van der Waals surface area (Å²) in [6, 6.07) is 0.727. The first-order valence-corrected chi connectivity index (χ1v) is 7.41. The van der Waals surface area contributed by atoms with E-state index >= 15 is 0 Å². The van der Waals surface area contributed by atoms with E-state index in [0.29, 0.717) is 6.10 Å². The predicted octanol–water partition coefficient (Wildman–Crippen LogP) is 1.49. The Kier molecular flexibility index (Phi) is 3.69. The number of hydrogen-bond donors (Lipinski definition) is 1. The lowest BCUT2D eigenvalue weighted by Gasteiger charge is -2.45. The zero-order chi connectivity index (χ0) is 11.7. The van der Waals surface area contributed by atoms with Gasteiger partial charge in [-0.05, 0) is 37.8 Å². The van der Waals surface area contributed by atoms with Crippen LogP contribution in [0.4, 0.5) is 0 Å². The summed E-state index contributed by atoms with van der Waals surface area (Å²) in [6.07, 6.45) is 5.97. The molecule has 3 fully saturated rings. The van der Waals surface area contributed by atoms with Gasteiger partial charge in [-0.15, -0.1) is 0 Å². The van der Waals surface area contributed by atoms with Crippen molar-refractivity contribution in [1.82, 2.24) is 10.2 Å². The molecule has 3 heteroatoms. The molecule has 0 radical (unpaired) electrons. The highest BCUT2D eigenvalue weighted by Crippen LogP contribution is 2.30. The number of rotatable bonds is 2. The van der Waals surface area contributed by atoms with Crippen molar-refractivity contribution >= 4 is 0 Å². The van der Waals surface area contributed by atoms with Crippen LogP contribution in [0.5, 0.6) is 0 Å². The molecule has 1 aliphatic carbocycles. The van der Waals surface area contributed by atoms with Crippen LogP contribution < -0.4 is 5.32 Å². The molecule has 3 aliphatic rings. The number of nitrogens with one attached hydrogen (secondary N) is 1. The molecule has 2 unspecified atom stereocenters. The smallest absolute Gasteiger partial charge is 0.0730 e. The zero-order valence-electron chi connectivity index (χ0n) is 11.0. The Morgan fingerprint density at radius 3 is 2.94 bits per heavy atom. The molecule has 2 heterocycles. The van der Waals surface area contributed by atoms with Gasteiger partial charge in [-0.25, -0.2) is 0 Å². The quantitative estimate of drug-likeness (QED) is 0.789. The summed E-state index contributed by atoms with van der Waals surface area (Å²) < 4.78 is 5.95. The zero-order valence-corrected chi connectivity index (χ0v) is 11.0. The van der Waals surface area contributed by atoms with Gasteiger partial charge in [0.05, 0.1) is 12.7 Å². The van der Waals surface area contributed by atoms with E-state index in [0.717, 1.165) is 31.0 Å². The highest BCUT2D eigenvalue weighted by Gasteiger charge is 2.36. The van der Waals surface area contributed by atoms with Gasteiger partial charge in [0, 0.05) is 19.1 Å². The molecule has 3 nitrogen and oxygen atoms in total. The van der Waals surface area contributed by atoms with Crippen LogP contribution in [0.15, 0.2) is 0 Å². The van der Waals surface area contributed by atoms with Gasteiger partial charge in [0.15, 0.2) is 0 Å². The molecule has 4 atom stereocenters. The summed E-state index contributed by atoms with van der Waals surface area (Å²) in [7, 11) is 0. The molecule has 0 aromatic rings. The standard InChI is InChI=1S/C14H26N2O/c1-11-8-15-9-12(11)10-16-6-7-17-14-5-3-2-4-13(14)16/h11-15H,2-10H2,1H3/t11-,12+,13?,14?/m1/s1. The van der Waals surface area contributed by atoms with Gasteiger partial charge in [0.2, 0.25) is 0 Å². The lowest BCUT2D eigenvalue weighted by Crippen LogP contribution is -2.54. The van der Waals surface area contributed by atoms with Crippen LogP contribution in [0.1, 0.15) is 32.6 Å². The van der Waals surface area contributed by atoms with Crippen molar-refractivity contribution in [1.29, 1.82) is 0 Å². The molecule has 0 bridgehead atoms. The number of hydrogen-bond acceptors (Lipinski definition) is 3. The molecule has 0 amide bonds. The van der Waals surface area contributed by atoms with Crippen LogP contribution in [0.3, 0.4) is 0 Å². The van der Waals surface area contributed by atoms with Crippen LogP contribution in [-0.2, 0) is 4.74 Å². The number of fused-ring (bicyclic) bond motifs is 1. The molecule has 98 valence electrons. The van der Waals surface area contributed by atoms with E-state index in [9.17, 15) is 0 Å². The third-order valence-electron chi connectivity index (χ3n) is 4.99. The Balaban J connectivity index is 1.61. The number of nitrogens with zero attached hydrogens (tertiary/aromatic N) is 1. The van der Waals surface area contributed by atoms with E-state index in [4.69, 9.17) is 4.74 Å². The maximum Gasteiger partial charge on any atom is 0.0730 e. The number of ether oxygens (including phenoxy) is 1. The molecule has 2 saturated heterocycles. The summed E-state index contributed by atoms with van der Waals surface area (Å²) in [5.41, 5.74) is 0. The van der Waals surface area contributed by atoms with Crippen molar-refractivity contribution in [2.24, 2.45) is 11.8 Å². The highest BCUT2D eigenvalue weighted by atomic mass is 16.5. The largest absolute Gasteiger partial charge is 0.375 e. The van der Waals surface area contributed by atoms with Gasteiger partial charge in [-0.2, -0.15) is 0 Å². The van der Waals surface area contributed by atoms with Crippen LogP contribution in [0.2, 0.25) is 0 Å². The van der Waals surface area contributed by atoms with Gasteiger partial charge in [0.25, 0.3) is 0 Å². The summed E-state index contributed by atoms with van der Waals surface area (Å²) in [5, 5.41) is 3.53. The monoisotopic (exact) mass is 238 g/mol. The summed E-state index contributed by atoms with van der Waals surface area (Å²) >= 11 is 0. The van der Waals surface area contributed by atoms with Gasteiger partial charge in [-0.3, -0.25) is 4.90 Å². The van der Waals surface area contributed by atoms with Crippen molar-refractivity contribution < 1.29 is 4.74 Å². The van der Waals surface area contributed by atoms with Crippen molar-refractivity contribution in [3.8, 4) is 0 Å².